The third-order valence-corrected chi connectivity index (χ3v) is 3.86. The summed E-state index contributed by atoms with van der Waals surface area (Å²) < 4.78 is 0. The first-order chi connectivity index (χ1) is 9.83. The van der Waals surface area contributed by atoms with E-state index in [0.29, 0.717) is 0 Å². The number of benzene rings is 1. The first-order valence-electron chi connectivity index (χ1n) is 6.87. The molecule has 0 spiro atoms. The second-order valence-corrected chi connectivity index (χ2v) is 5.42. The molecular formula is C16H17ClN3. The minimum atomic E-state index is 0.761. The fourth-order valence-corrected chi connectivity index (χ4v) is 2.62. The lowest BCUT2D eigenvalue weighted by molar-refractivity contribution is 0.231. The second kappa shape index (κ2) is 6.35. The van der Waals surface area contributed by atoms with Crippen molar-refractivity contribution in [2.24, 2.45) is 0 Å². The van der Waals surface area contributed by atoms with Crippen molar-refractivity contribution in [2.75, 3.05) is 26.2 Å². The summed E-state index contributed by atoms with van der Waals surface area (Å²) in [7, 11) is 0. The number of hydrogen-bond donors (Lipinski definition) is 0. The first kappa shape index (κ1) is 13.6. The summed E-state index contributed by atoms with van der Waals surface area (Å²) in [6.45, 7) is 4.93. The number of pyridine rings is 1. The summed E-state index contributed by atoms with van der Waals surface area (Å²) in [6, 6.07) is 10.1. The van der Waals surface area contributed by atoms with E-state index in [1.165, 1.54) is 16.7 Å². The monoisotopic (exact) mass is 286 g/mol. The highest BCUT2D eigenvalue weighted by molar-refractivity contribution is 6.30. The maximum Gasteiger partial charge on any atom is 0.0406 e. The highest BCUT2D eigenvalue weighted by Crippen LogP contribution is 2.25. The highest BCUT2D eigenvalue weighted by Gasteiger charge is 2.13. The van der Waals surface area contributed by atoms with Crippen LogP contribution in [0, 0.1) is 0 Å². The quantitative estimate of drug-likeness (QED) is 0.868. The summed E-state index contributed by atoms with van der Waals surface area (Å²) in [5, 5.41) is 5.15. The number of nitrogens with zero attached hydrogens (tertiary/aromatic N) is 3. The topological polar surface area (TPSA) is 30.2 Å². The third-order valence-electron chi connectivity index (χ3n) is 3.61. The van der Waals surface area contributed by atoms with Gasteiger partial charge in [-0.2, -0.15) is 0 Å². The minimum Gasteiger partial charge on any atom is -0.296 e. The lowest BCUT2D eigenvalue weighted by atomic mass is 10.0. The van der Waals surface area contributed by atoms with Gasteiger partial charge in [0.25, 0.3) is 0 Å². The van der Waals surface area contributed by atoms with E-state index in [1.807, 2.05) is 36.7 Å². The molecule has 3 rings (SSSR count). The van der Waals surface area contributed by atoms with Gasteiger partial charge in [-0.25, -0.2) is 5.32 Å². The third kappa shape index (κ3) is 3.18. The smallest absolute Gasteiger partial charge is 0.0406 e. The molecule has 0 bridgehead atoms. The molecule has 0 aliphatic carbocycles. The maximum atomic E-state index is 5.96. The van der Waals surface area contributed by atoms with Crippen molar-refractivity contribution >= 4 is 11.6 Å². The van der Waals surface area contributed by atoms with Crippen LogP contribution in [0.5, 0.6) is 0 Å². The normalized spacial score (nSPS) is 16.2. The Labute approximate surface area is 124 Å². The summed E-state index contributed by atoms with van der Waals surface area (Å²) in [4.78, 5) is 6.71. The molecule has 3 nitrogen and oxygen atoms in total. The number of aromatic nitrogens is 1. The van der Waals surface area contributed by atoms with Crippen molar-refractivity contribution in [1.29, 1.82) is 0 Å². The van der Waals surface area contributed by atoms with Gasteiger partial charge in [-0.3, -0.25) is 9.88 Å². The zero-order valence-corrected chi connectivity index (χ0v) is 12.1. The molecule has 0 saturated carbocycles. The van der Waals surface area contributed by atoms with Crippen LogP contribution in [-0.4, -0.2) is 36.1 Å². The summed E-state index contributed by atoms with van der Waals surface area (Å²) >= 11 is 5.96. The minimum absolute atomic E-state index is 0.761. The molecule has 1 aromatic heterocycles. The van der Waals surface area contributed by atoms with Crippen LogP contribution in [-0.2, 0) is 6.54 Å². The Bertz CT molecular complexity index is 562. The van der Waals surface area contributed by atoms with Crippen LogP contribution in [0.15, 0.2) is 42.7 Å². The molecule has 0 amide bonds. The van der Waals surface area contributed by atoms with E-state index in [0.717, 1.165) is 37.7 Å². The molecule has 2 heterocycles. The molecular weight excluding hydrogens is 270 g/mol. The molecule has 1 fully saturated rings. The van der Waals surface area contributed by atoms with E-state index in [4.69, 9.17) is 11.6 Å². The Morgan fingerprint density at radius 1 is 1.05 bits per heavy atom. The van der Waals surface area contributed by atoms with E-state index < -0.39 is 0 Å². The van der Waals surface area contributed by atoms with E-state index in [-0.39, 0.29) is 0 Å². The molecule has 1 aromatic carbocycles. The molecule has 103 valence electrons. The second-order valence-electron chi connectivity index (χ2n) is 4.99. The van der Waals surface area contributed by atoms with Crippen molar-refractivity contribution in [3.8, 4) is 11.1 Å². The molecule has 1 aliphatic heterocycles. The molecule has 20 heavy (non-hydrogen) atoms. The van der Waals surface area contributed by atoms with Crippen LogP contribution in [0.25, 0.3) is 11.1 Å². The van der Waals surface area contributed by atoms with Crippen LogP contribution < -0.4 is 5.32 Å². The van der Waals surface area contributed by atoms with Gasteiger partial charge in [0.05, 0.1) is 0 Å². The molecule has 0 N–H and O–H groups in total. The van der Waals surface area contributed by atoms with Gasteiger partial charge in [-0.1, -0.05) is 23.7 Å². The first-order valence-corrected chi connectivity index (χ1v) is 7.25. The van der Waals surface area contributed by atoms with Crippen LogP contribution in [0.3, 0.4) is 0 Å². The van der Waals surface area contributed by atoms with Gasteiger partial charge in [-0.05, 0) is 29.3 Å². The van der Waals surface area contributed by atoms with Crippen molar-refractivity contribution in [3.05, 3.63) is 53.3 Å². The molecule has 1 saturated heterocycles. The zero-order valence-electron chi connectivity index (χ0n) is 11.3. The van der Waals surface area contributed by atoms with Gasteiger partial charge in [0.15, 0.2) is 0 Å². The van der Waals surface area contributed by atoms with Gasteiger partial charge in [0.2, 0.25) is 0 Å². The predicted molar refractivity (Wildman–Crippen MR) is 81.8 cm³/mol. The molecule has 0 unspecified atom stereocenters. The van der Waals surface area contributed by atoms with E-state index >= 15 is 0 Å². The van der Waals surface area contributed by atoms with Gasteiger partial charge in [0, 0.05) is 55.7 Å². The lowest BCUT2D eigenvalue weighted by Gasteiger charge is -2.27. The fraction of sp³-hybridized carbons (Fsp3) is 0.312. The van der Waals surface area contributed by atoms with Crippen molar-refractivity contribution in [1.82, 2.24) is 15.2 Å². The zero-order chi connectivity index (χ0) is 13.8. The van der Waals surface area contributed by atoms with Crippen LogP contribution in [0.4, 0.5) is 0 Å². The Hall–Kier alpha value is -1.42. The van der Waals surface area contributed by atoms with Gasteiger partial charge in [0.1, 0.15) is 0 Å². The van der Waals surface area contributed by atoms with Gasteiger partial charge < -0.3 is 0 Å². The van der Waals surface area contributed by atoms with Gasteiger partial charge >= 0.3 is 0 Å². The van der Waals surface area contributed by atoms with Crippen molar-refractivity contribution in [3.63, 3.8) is 0 Å². The van der Waals surface area contributed by atoms with Crippen molar-refractivity contribution in [2.45, 2.75) is 6.54 Å². The number of hydrogen-bond acceptors (Lipinski definition) is 2. The maximum absolute atomic E-state index is 5.96. The average molecular weight is 287 g/mol. The van der Waals surface area contributed by atoms with Crippen LogP contribution >= 0.6 is 11.6 Å². The Balaban J connectivity index is 1.85. The largest absolute Gasteiger partial charge is 0.296 e. The van der Waals surface area contributed by atoms with E-state index in [1.54, 1.807) is 0 Å². The van der Waals surface area contributed by atoms with E-state index in [9.17, 15) is 0 Å². The molecule has 0 atom stereocenters. The number of halogens is 1. The molecule has 1 aliphatic rings. The summed E-state index contributed by atoms with van der Waals surface area (Å²) in [5.41, 5.74) is 3.66. The highest BCUT2D eigenvalue weighted by atomic mass is 35.5. The Morgan fingerprint density at radius 3 is 2.55 bits per heavy atom. The molecule has 1 radical (unpaired) electrons. The predicted octanol–water partition coefficient (Wildman–Crippen LogP) is 2.82. The number of piperazine rings is 1. The SMILES string of the molecule is Clc1ccc(-c2cnccc2CN2CC[N]CC2)cc1. The average Bonchev–Trinajstić information content (AvgIpc) is 2.50. The Morgan fingerprint density at radius 2 is 1.80 bits per heavy atom. The Kier molecular flexibility index (Phi) is 4.31. The molecule has 2 aromatic rings. The standard InChI is InChI=1S/C16H17ClN3/c17-15-3-1-13(2-4-15)16-11-19-6-5-14(16)12-20-9-7-18-8-10-20/h1-6,11H,7-10,12H2. The lowest BCUT2D eigenvalue weighted by Crippen LogP contribution is -2.39. The van der Waals surface area contributed by atoms with Crippen molar-refractivity contribution < 1.29 is 0 Å². The van der Waals surface area contributed by atoms with Gasteiger partial charge in [-0.15, -0.1) is 0 Å². The fourth-order valence-electron chi connectivity index (χ4n) is 2.50. The van der Waals surface area contributed by atoms with Crippen LogP contribution in [0.1, 0.15) is 5.56 Å². The number of rotatable bonds is 3. The summed E-state index contributed by atoms with van der Waals surface area (Å²) in [6.07, 6.45) is 3.80. The van der Waals surface area contributed by atoms with E-state index in [2.05, 4.69) is 21.3 Å². The summed E-state index contributed by atoms with van der Waals surface area (Å²) in [5.74, 6) is 0. The molecule has 4 heteroatoms. The van der Waals surface area contributed by atoms with Crippen LogP contribution in [0.2, 0.25) is 5.02 Å².